The summed E-state index contributed by atoms with van der Waals surface area (Å²) in [6, 6.07) is 0. The summed E-state index contributed by atoms with van der Waals surface area (Å²) in [4.78, 5) is 11.9. The van der Waals surface area contributed by atoms with Crippen LogP contribution in [0.1, 0.15) is 36.0 Å². The summed E-state index contributed by atoms with van der Waals surface area (Å²) in [6.45, 7) is 3.49. The molecule has 0 radical (unpaired) electrons. The lowest BCUT2D eigenvalue weighted by Gasteiger charge is -2.40. The molecule has 0 aromatic carbocycles. The van der Waals surface area contributed by atoms with Crippen LogP contribution in [-0.2, 0) is 0 Å². The van der Waals surface area contributed by atoms with Gasteiger partial charge in [-0.3, -0.25) is 4.79 Å². The van der Waals surface area contributed by atoms with E-state index in [1.807, 2.05) is 18.7 Å². The van der Waals surface area contributed by atoms with Crippen LogP contribution in [0, 0.1) is 0 Å². The average molecular weight is 286 g/mol. The Morgan fingerprint density at radius 1 is 1.50 bits per heavy atom. The third-order valence-corrected chi connectivity index (χ3v) is 5.51. The maximum Gasteiger partial charge on any atom is 0.282 e. The van der Waals surface area contributed by atoms with Gasteiger partial charge in [0, 0.05) is 17.8 Å². The molecule has 0 bridgehead atoms. The van der Waals surface area contributed by atoms with E-state index in [-0.39, 0.29) is 10.7 Å². The van der Waals surface area contributed by atoms with E-state index in [2.05, 4.69) is 27.1 Å². The lowest BCUT2D eigenvalue weighted by atomic mass is 9.84. The van der Waals surface area contributed by atoms with Crippen LogP contribution in [0.5, 0.6) is 0 Å². The van der Waals surface area contributed by atoms with Crippen LogP contribution in [0.4, 0.5) is 5.13 Å². The molecule has 0 saturated heterocycles. The Kier molecular flexibility index (Phi) is 4.45. The minimum atomic E-state index is -0.114. The van der Waals surface area contributed by atoms with Gasteiger partial charge in [-0.15, -0.1) is 10.2 Å². The van der Waals surface area contributed by atoms with Crippen LogP contribution in [0.3, 0.4) is 0 Å². The number of rotatable bonds is 6. The Hall–Kier alpha value is -0.820. The number of hydrogen-bond acceptors (Lipinski definition) is 6. The summed E-state index contributed by atoms with van der Waals surface area (Å²) in [5.41, 5.74) is 0. The number of thioether (sulfide) groups is 1. The topological polar surface area (TPSA) is 66.9 Å². The predicted octanol–water partition coefficient (Wildman–Crippen LogP) is 1.99. The van der Waals surface area contributed by atoms with Gasteiger partial charge in [-0.2, -0.15) is 11.8 Å². The highest BCUT2D eigenvalue weighted by atomic mass is 32.2. The second-order valence-electron chi connectivity index (χ2n) is 4.37. The summed E-state index contributed by atoms with van der Waals surface area (Å²) in [5.74, 6) is -0.114. The summed E-state index contributed by atoms with van der Waals surface area (Å²) in [7, 11) is 0. The van der Waals surface area contributed by atoms with Crippen molar-refractivity contribution in [2.45, 2.75) is 30.9 Å². The van der Waals surface area contributed by atoms with Crippen LogP contribution in [0.25, 0.3) is 0 Å². The molecule has 1 aromatic rings. The molecule has 18 heavy (non-hydrogen) atoms. The van der Waals surface area contributed by atoms with Crippen molar-refractivity contribution in [2.24, 2.45) is 0 Å². The third kappa shape index (κ3) is 2.95. The molecule has 0 aliphatic heterocycles. The summed E-state index contributed by atoms with van der Waals surface area (Å²) < 4.78 is 0.255. The number of anilines is 1. The number of carbonyl (C=O) groups excluding carboxylic acids is 1. The first-order chi connectivity index (χ1) is 8.69. The minimum absolute atomic E-state index is 0.114. The highest BCUT2D eigenvalue weighted by molar-refractivity contribution is 8.00. The van der Waals surface area contributed by atoms with Gasteiger partial charge in [0.1, 0.15) is 0 Å². The van der Waals surface area contributed by atoms with Crippen molar-refractivity contribution in [1.29, 1.82) is 0 Å². The van der Waals surface area contributed by atoms with E-state index < -0.39 is 0 Å². The monoisotopic (exact) mass is 286 g/mol. The fourth-order valence-corrected chi connectivity index (χ4v) is 3.52. The van der Waals surface area contributed by atoms with E-state index in [4.69, 9.17) is 0 Å². The molecule has 1 amide bonds. The highest BCUT2D eigenvalue weighted by Gasteiger charge is 2.36. The van der Waals surface area contributed by atoms with Crippen LogP contribution in [0.15, 0.2) is 0 Å². The summed E-state index contributed by atoms with van der Waals surface area (Å²) in [5, 5.41) is 15.0. The summed E-state index contributed by atoms with van der Waals surface area (Å²) >= 11 is 3.15. The zero-order valence-electron chi connectivity index (χ0n) is 10.7. The van der Waals surface area contributed by atoms with Crippen LogP contribution in [0.2, 0.25) is 0 Å². The molecule has 1 heterocycles. The van der Waals surface area contributed by atoms with Crippen molar-refractivity contribution in [1.82, 2.24) is 15.5 Å². The molecule has 2 rings (SSSR count). The smallest absolute Gasteiger partial charge is 0.282 e. The quantitative estimate of drug-likeness (QED) is 0.837. The van der Waals surface area contributed by atoms with Crippen LogP contribution in [-0.4, -0.2) is 40.2 Å². The Bertz CT molecular complexity index is 411. The van der Waals surface area contributed by atoms with Gasteiger partial charge < -0.3 is 10.6 Å². The van der Waals surface area contributed by atoms with E-state index in [1.165, 1.54) is 30.6 Å². The first-order valence-electron chi connectivity index (χ1n) is 6.10. The van der Waals surface area contributed by atoms with Crippen LogP contribution >= 0.6 is 23.1 Å². The van der Waals surface area contributed by atoms with E-state index >= 15 is 0 Å². The number of nitrogens with zero attached hydrogens (tertiary/aromatic N) is 2. The fourth-order valence-electron chi connectivity index (χ4n) is 1.88. The zero-order valence-corrected chi connectivity index (χ0v) is 12.3. The Balaban J connectivity index is 1.87. The Labute approximate surface area is 115 Å². The van der Waals surface area contributed by atoms with E-state index in [0.717, 1.165) is 13.1 Å². The molecule has 0 atom stereocenters. The largest absolute Gasteiger partial charge is 0.360 e. The van der Waals surface area contributed by atoms with Crippen LogP contribution < -0.4 is 10.6 Å². The van der Waals surface area contributed by atoms with E-state index in [9.17, 15) is 4.79 Å². The Morgan fingerprint density at radius 3 is 2.83 bits per heavy atom. The lowest BCUT2D eigenvalue weighted by Crippen LogP contribution is -2.45. The molecule has 7 heteroatoms. The summed E-state index contributed by atoms with van der Waals surface area (Å²) in [6.07, 6.45) is 5.75. The van der Waals surface area contributed by atoms with Gasteiger partial charge in [0.2, 0.25) is 10.1 Å². The maximum absolute atomic E-state index is 11.9. The van der Waals surface area contributed by atoms with E-state index in [0.29, 0.717) is 10.1 Å². The lowest BCUT2D eigenvalue weighted by molar-refractivity contribution is 0.0943. The molecule has 0 spiro atoms. The zero-order chi connectivity index (χ0) is 13.0. The van der Waals surface area contributed by atoms with Crippen molar-refractivity contribution >= 4 is 34.1 Å². The molecule has 1 aromatic heterocycles. The molecule has 1 fully saturated rings. The maximum atomic E-state index is 11.9. The first kappa shape index (κ1) is 13.6. The SMILES string of the molecule is CCNc1nnc(C(=O)NCC2(SC)CCC2)s1. The molecule has 5 nitrogen and oxygen atoms in total. The molecule has 100 valence electrons. The molecule has 2 N–H and O–H groups in total. The van der Waals surface area contributed by atoms with Gasteiger partial charge in [-0.05, 0) is 26.0 Å². The van der Waals surface area contributed by atoms with E-state index in [1.54, 1.807) is 0 Å². The minimum Gasteiger partial charge on any atom is -0.360 e. The van der Waals surface area contributed by atoms with Crippen molar-refractivity contribution in [3.05, 3.63) is 5.01 Å². The number of aromatic nitrogens is 2. The van der Waals surface area contributed by atoms with Crippen molar-refractivity contribution in [3.8, 4) is 0 Å². The Morgan fingerprint density at radius 2 is 2.28 bits per heavy atom. The first-order valence-corrected chi connectivity index (χ1v) is 8.14. The second kappa shape index (κ2) is 5.88. The van der Waals surface area contributed by atoms with Gasteiger partial charge in [0.25, 0.3) is 5.91 Å². The standard InChI is InChI=1S/C11H18N4OS2/c1-3-12-10-15-14-9(18-10)8(16)13-7-11(17-2)5-4-6-11/h3-7H2,1-2H3,(H,12,15)(H,13,16). The molecule has 0 unspecified atom stereocenters. The highest BCUT2D eigenvalue weighted by Crippen LogP contribution is 2.42. The number of amides is 1. The number of hydrogen-bond donors (Lipinski definition) is 2. The fraction of sp³-hybridized carbons (Fsp3) is 0.727. The van der Waals surface area contributed by atoms with Gasteiger partial charge in [-0.1, -0.05) is 17.8 Å². The number of nitrogens with one attached hydrogen (secondary N) is 2. The predicted molar refractivity (Wildman–Crippen MR) is 76.5 cm³/mol. The average Bonchev–Trinajstić information content (AvgIpc) is 2.77. The molecule has 1 aliphatic carbocycles. The third-order valence-electron chi connectivity index (χ3n) is 3.22. The normalized spacial score (nSPS) is 17.0. The molecular formula is C11H18N4OS2. The second-order valence-corrected chi connectivity index (χ2v) is 6.62. The van der Waals surface area contributed by atoms with Gasteiger partial charge in [0.15, 0.2) is 0 Å². The van der Waals surface area contributed by atoms with Gasteiger partial charge >= 0.3 is 0 Å². The van der Waals surface area contributed by atoms with Gasteiger partial charge in [-0.25, -0.2) is 0 Å². The molecule has 1 saturated carbocycles. The van der Waals surface area contributed by atoms with Gasteiger partial charge in [0.05, 0.1) is 0 Å². The van der Waals surface area contributed by atoms with Crippen molar-refractivity contribution in [2.75, 3.05) is 24.7 Å². The molecule has 1 aliphatic rings. The molecular weight excluding hydrogens is 268 g/mol. The number of carbonyl (C=O) groups is 1. The van der Waals surface area contributed by atoms with Crippen molar-refractivity contribution < 1.29 is 4.79 Å². The van der Waals surface area contributed by atoms with Crippen molar-refractivity contribution in [3.63, 3.8) is 0 Å².